The summed E-state index contributed by atoms with van der Waals surface area (Å²) >= 11 is 0. The van der Waals surface area contributed by atoms with E-state index in [2.05, 4.69) is 36.4 Å². The van der Waals surface area contributed by atoms with Crippen LogP contribution in [-0.4, -0.2) is 38.7 Å². The fraction of sp³-hybridized carbons (Fsp3) is 0.500. The summed E-state index contributed by atoms with van der Waals surface area (Å²) in [6, 6.07) is 6.84. The lowest BCUT2D eigenvalue weighted by atomic mass is 9.99. The van der Waals surface area contributed by atoms with Gasteiger partial charge in [0.1, 0.15) is 5.75 Å². The fourth-order valence-electron chi connectivity index (χ4n) is 1.94. The zero-order valence-corrected chi connectivity index (χ0v) is 12.0. The maximum absolute atomic E-state index is 5.20. The molecule has 1 N–H and O–H groups in total. The Hall–Kier alpha value is -0.640. The van der Waals surface area contributed by atoms with E-state index in [1.807, 2.05) is 6.07 Å². The number of halogens is 2. The van der Waals surface area contributed by atoms with Gasteiger partial charge in [-0.15, -0.1) is 24.8 Å². The van der Waals surface area contributed by atoms with Gasteiger partial charge in [0.15, 0.2) is 0 Å². The maximum Gasteiger partial charge on any atom is 0.120 e. The summed E-state index contributed by atoms with van der Waals surface area (Å²) in [7, 11) is 5.95. The van der Waals surface area contributed by atoms with Crippen molar-refractivity contribution in [3.63, 3.8) is 0 Å². The fourth-order valence-corrected chi connectivity index (χ4v) is 1.94. The SMILES string of the molecule is COc1ccc2c(c1)NCC(N(C)C)C2.Cl.Cl. The summed E-state index contributed by atoms with van der Waals surface area (Å²) in [6.07, 6.45) is 1.11. The lowest BCUT2D eigenvalue weighted by Gasteiger charge is -2.31. The summed E-state index contributed by atoms with van der Waals surface area (Å²) in [5.74, 6) is 0.921. The third-order valence-electron chi connectivity index (χ3n) is 3.03. The van der Waals surface area contributed by atoms with Crippen LogP contribution in [0.25, 0.3) is 0 Å². The van der Waals surface area contributed by atoms with E-state index in [1.165, 1.54) is 11.3 Å². The molecule has 1 aromatic rings. The molecule has 0 aromatic heterocycles. The van der Waals surface area contributed by atoms with Crippen LogP contribution in [0.1, 0.15) is 5.56 Å². The highest BCUT2D eigenvalue weighted by atomic mass is 35.5. The summed E-state index contributed by atoms with van der Waals surface area (Å²) in [6.45, 7) is 1.01. The molecule has 0 fully saturated rings. The van der Waals surface area contributed by atoms with E-state index in [0.29, 0.717) is 6.04 Å². The van der Waals surface area contributed by atoms with Crippen LogP contribution in [-0.2, 0) is 6.42 Å². The first-order valence-corrected chi connectivity index (χ1v) is 5.28. The van der Waals surface area contributed by atoms with E-state index in [4.69, 9.17) is 4.74 Å². The van der Waals surface area contributed by atoms with Crippen LogP contribution in [0.5, 0.6) is 5.75 Å². The van der Waals surface area contributed by atoms with E-state index in [1.54, 1.807) is 7.11 Å². The minimum absolute atomic E-state index is 0. The first kappa shape index (κ1) is 16.4. The summed E-state index contributed by atoms with van der Waals surface area (Å²) in [5.41, 5.74) is 2.59. The molecule has 1 aromatic carbocycles. The Kier molecular flexibility index (Phi) is 6.68. The van der Waals surface area contributed by atoms with Gasteiger partial charge >= 0.3 is 0 Å². The zero-order chi connectivity index (χ0) is 10.8. The lowest BCUT2D eigenvalue weighted by Crippen LogP contribution is -2.39. The van der Waals surface area contributed by atoms with Gasteiger partial charge in [0.2, 0.25) is 0 Å². The summed E-state index contributed by atoms with van der Waals surface area (Å²) in [4.78, 5) is 2.26. The van der Waals surface area contributed by atoms with Crippen molar-refractivity contribution in [1.29, 1.82) is 0 Å². The molecule has 0 saturated heterocycles. The molecule has 0 radical (unpaired) electrons. The van der Waals surface area contributed by atoms with Crippen molar-refractivity contribution < 1.29 is 4.74 Å². The average molecular weight is 279 g/mol. The Labute approximate surface area is 115 Å². The van der Waals surface area contributed by atoms with Crippen LogP contribution in [0.2, 0.25) is 0 Å². The highest BCUT2D eigenvalue weighted by Gasteiger charge is 2.19. The Balaban J connectivity index is 0.00000128. The average Bonchev–Trinajstić information content (AvgIpc) is 2.27. The molecule has 0 amide bonds. The predicted molar refractivity (Wildman–Crippen MR) is 77.2 cm³/mol. The molecule has 1 unspecified atom stereocenters. The van der Waals surface area contributed by atoms with E-state index in [0.717, 1.165) is 18.7 Å². The maximum atomic E-state index is 5.20. The van der Waals surface area contributed by atoms with Crippen molar-refractivity contribution >= 4 is 30.5 Å². The van der Waals surface area contributed by atoms with Crippen LogP contribution in [0.3, 0.4) is 0 Å². The van der Waals surface area contributed by atoms with Crippen molar-refractivity contribution in [3.8, 4) is 5.75 Å². The standard InChI is InChI=1S/C12H18N2O.2ClH/c1-14(2)10-6-9-4-5-11(15-3)7-12(9)13-8-10;;/h4-5,7,10,13H,6,8H2,1-3H3;2*1H. The number of ether oxygens (including phenoxy) is 1. The van der Waals surface area contributed by atoms with Crippen molar-refractivity contribution in [2.24, 2.45) is 0 Å². The topological polar surface area (TPSA) is 24.5 Å². The molecule has 17 heavy (non-hydrogen) atoms. The van der Waals surface area contributed by atoms with Crippen molar-refractivity contribution in [2.45, 2.75) is 12.5 Å². The van der Waals surface area contributed by atoms with Gasteiger partial charge < -0.3 is 15.0 Å². The van der Waals surface area contributed by atoms with Crippen LogP contribution in [0.4, 0.5) is 5.69 Å². The number of rotatable bonds is 2. The second kappa shape index (κ2) is 6.94. The Morgan fingerprint density at radius 2 is 2.00 bits per heavy atom. The van der Waals surface area contributed by atoms with E-state index in [9.17, 15) is 0 Å². The molecule has 0 aliphatic carbocycles. The molecule has 1 atom stereocenters. The number of nitrogens with one attached hydrogen (secondary N) is 1. The molecule has 2 rings (SSSR count). The number of fused-ring (bicyclic) bond motifs is 1. The van der Waals surface area contributed by atoms with E-state index in [-0.39, 0.29) is 24.8 Å². The number of hydrogen-bond acceptors (Lipinski definition) is 3. The lowest BCUT2D eigenvalue weighted by molar-refractivity contribution is 0.299. The number of benzene rings is 1. The molecule has 3 nitrogen and oxygen atoms in total. The van der Waals surface area contributed by atoms with E-state index < -0.39 is 0 Å². The second-order valence-electron chi connectivity index (χ2n) is 4.23. The third-order valence-corrected chi connectivity index (χ3v) is 3.03. The van der Waals surface area contributed by atoms with Crippen LogP contribution >= 0.6 is 24.8 Å². The van der Waals surface area contributed by atoms with Gasteiger partial charge in [0, 0.05) is 24.3 Å². The van der Waals surface area contributed by atoms with Crippen molar-refractivity contribution in [2.75, 3.05) is 33.1 Å². The molecule has 1 aliphatic heterocycles. The summed E-state index contributed by atoms with van der Waals surface area (Å²) in [5, 5.41) is 3.45. The summed E-state index contributed by atoms with van der Waals surface area (Å²) < 4.78 is 5.20. The minimum atomic E-state index is 0. The molecule has 0 saturated carbocycles. The molecule has 1 aliphatic rings. The van der Waals surface area contributed by atoms with E-state index >= 15 is 0 Å². The molecule has 98 valence electrons. The number of hydrogen-bond donors (Lipinski definition) is 1. The van der Waals surface area contributed by atoms with Gasteiger partial charge in [-0.05, 0) is 32.1 Å². The Bertz CT molecular complexity index is 358. The van der Waals surface area contributed by atoms with Crippen LogP contribution in [0, 0.1) is 0 Å². The number of likely N-dealkylation sites (N-methyl/N-ethyl adjacent to an activating group) is 1. The third kappa shape index (κ3) is 3.66. The van der Waals surface area contributed by atoms with Gasteiger partial charge in [-0.2, -0.15) is 0 Å². The first-order chi connectivity index (χ1) is 7.20. The number of nitrogens with zero attached hydrogens (tertiary/aromatic N) is 1. The smallest absolute Gasteiger partial charge is 0.120 e. The number of anilines is 1. The van der Waals surface area contributed by atoms with Crippen molar-refractivity contribution in [3.05, 3.63) is 23.8 Å². The zero-order valence-electron chi connectivity index (χ0n) is 10.4. The molecule has 0 bridgehead atoms. The molecular weight excluding hydrogens is 259 g/mol. The minimum Gasteiger partial charge on any atom is -0.497 e. The highest BCUT2D eigenvalue weighted by Crippen LogP contribution is 2.27. The predicted octanol–water partition coefficient (Wildman–Crippen LogP) is 2.44. The largest absolute Gasteiger partial charge is 0.497 e. The monoisotopic (exact) mass is 278 g/mol. The van der Waals surface area contributed by atoms with Gasteiger partial charge in [0.05, 0.1) is 7.11 Å². The Morgan fingerprint density at radius 3 is 2.59 bits per heavy atom. The quantitative estimate of drug-likeness (QED) is 0.900. The van der Waals surface area contributed by atoms with Gasteiger partial charge in [-0.3, -0.25) is 0 Å². The van der Waals surface area contributed by atoms with Crippen LogP contribution < -0.4 is 10.1 Å². The van der Waals surface area contributed by atoms with Crippen LogP contribution in [0.15, 0.2) is 18.2 Å². The van der Waals surface area contributed by atoms with Gasteiger partial charge in [0.25, 0.3) is 0 Å². The first-order valence-electron chi connectivity index (χ1n) is 5.28. The number of methoxy groups -OCH3 is 1. The van der Waals surface area contributed by atoms with Crippen molar-refractivity contribution in [1.82, 2.24) is 4.90 Å². The molecule has 5 heteroatoms. The second-order valence-corrected chi connectivity index (χ2v) is 4.23. The normalized spacial score (nSPS) is 17.3. The highest BCUT2D eigenvalue weighted by molar-refractivity contribution is 5.85. The van der Waals surface area contributed by atoms with Gasteiger partial charge in [-0.1, -0.05) is 6.07 Å². The van der Waals surface area contributed by atoms with Gasteiger partial charge in [-0.25, -0.2) is 0 Å². The molecule has 0 spiro atoms. The molecular formula is C12H20Cl2N2O. The molecule has 1 heterocycles. The Morgan fingerprint density at radius 1 is 1.29 bits per heavy atom.